The second-order valence-electron chi connectivity index (χ2n) is 34.5. The van der Waals surface area contributed by atoms with Gasteiger partial charge in [0.15, 0.2) is 29.1 Å². The number of unbranched alkanes of at least 4 members (excludes halogenated alkanes) is 1. The Morgan fingerprint density at radius 1 is 0.677 bits per heavy atom. The number of benzene rings is 2. The third-order valence-electron chi connectivity index (χ3n) is 25.1. The van der Waals surface area contributed by atoms with E-state index in [2.05, 4.69) is 59.4 Å². The number of aliphatic hydroxyl groups excluding tert-OH is 1. The highest BCUT2D eigenvalue weighted by Gasteiger charge is 2.80. The van der Waals surface area contributed by atoms with Gasteiger partial charge in [0.1, 0.15) is 49.0 Å². The largest absolute Gasteiger partial charge is 0.390 e. The summed E-state index contributed by atoms with van der Waals surface area (Å²) in [6, 6.07) is 11.4. The molecule has 3 heterocycles. The van der Waals surface area contributed by atoms with Crippen LogP contribution in [0.1, 0.15) is 178 Å². The molecule has 5 aliphatic carbocycles. The number of fused-ring (bicyclic) bond motifs is 10. The number of aliphatic hydroxyl groups is 1. The van der Waals surface area contributed by atoms with E-state index in [-0.39, 0.29) is 161 Å². The highest BCUT2D eigenvalue weighted by molar-refractivity contribution is 7.51. The van der Waals surface area contributed by atoms with Crippen molar-refractivity contribution in [3.05, 3.63) is 100 Å². The first-order chi connectivity index (χ1) is 62.4. The summed E-state index contributed by atoms with van der Waals surface area (Å²) in [4.78, 5) is 155. The van der Waals surface area contributed by atoms with Crippen molar-refractivity contribution in [2.75, 3.05) is 143 Å². The fraction of sp³-hybridized carbons (Fsp3) is 0.670. The van der Waals surface area contributed by atoms with E-state index in [4.69, 9.17) is 61.9 Å². The number of nitrogens with one attached hydrogen (secondary N) is 7. The number of allylic oxidation sites excluding steroid dienone is 4. The maximum absolute atomic E-state index is 18.2. The first kappa shape index (κ1) is 103. The molecule has 3 aromatic rings. The molecule has 39 heteroatoms. The zero-order chi connectivity index (χ0) is 93.4. The number of anilines is 1. The third kappa shape index (κ3) is 28.0. The van der Waals surface area contributed by atoms with Gasteiger partial charge in [-0.3, -0.25) is 52.5 Å². The van der Waals surface area contributed by atoms with Crippen LogP contribution in [-0.4, -0.2) is 281 Å². The number of aromatic nitrogens is 3. The average molecular weight is 1850 g/mol. The summed E-state index contributed by atoms with van der Waals surface area (Å²) >= 11 is 0. The molecule has 7 aliphatic rings. The Morgan fingerprint density at radius 3 is 1.98 bits per heavy atom. The molecule has 2 aliphatic heterocycles. The molecule has 1 saturated heterocycles. The molecule has 0 spiro atoms. The van der Waals surface area contributed by atoms with Crippen molar-refractivity contribution in [3.8, 4) is 11.8 Å². The van der Waals surface area contributed by atoms with Gasteiger partial charge in [0.2, 0.25) is 47.3 Å². The zero-order valence-electron chi connectivity index (χ0n) is 75.3. The Morgan fingerprint density at radius 2 is 1.30 bits per heavy atom. The number of Topliss-reactive ketones (excluding diaryl/α,β-unsaturated/α-hetero) is 1. The molecule has 10 rings (SSSR count). The fourth-order valence-corrected chi connectivity index (χ4v) is 18.7. The number of amides is 8. The molecule has 8 amide bonds. The van der Waals surface area contributed by atoms with Gasteiger partial charge in [-0.2, -0.15) is 0 Å². The van der Waals surface area contributed by atoms with E-state index in [1.165, 1.54) is 26.0 Å². The normalized spacial score (nSPS) is 24.3. The molecule has 130 heavy (non-hydrogen) atoms. The predicted molar refractivity (Wildman–Crippen MR) is 467 cm³/mol. The van der Waals surface area contributed by atoms with Crippen molar-refractivity contribution in [2.24, 2.45) is 28.6 Å². The molecule has 36 nitrogen and oxygen atoms in total. The number of carbonyl (C=O) groups excluding carboxylic acids is 10. The number of alkyl halides is 2. The van der Waals surface area contributed by atoms with Crippen LogP contribution in [0.3, 0.4) is 0 Å². The van der Waals surface area contributed by atoms with E-state index in [9.17, 15) is 52.8 Å². The van der Waals surface area contributed by atoms with Crippen molar-refractivity contribution in [1.29, 1.82) is 0 Å². The van der Waals surface area contributed by atoms with Crippen LogP contribution in [-0.2, 0) is 124 Å². The topological polar surface area (TPSA) is 468 Å². The molecule has 0 radical (unpaired) electrons. The van der Waals surface area contributed by atoms with Gasteiger partial charge in [0.05, 0.1) is 149 Å². The summed E-state index contributed by atoms with van der Waals surface area (Å²) in [7, 11) is -4.33. The van der Waals surface area contributed by atoms with E-state index in [1.54, 1.807) is 30.4 Å². The maximum Gasteiger partial charge on any atom is 0.344 e. The van der Waals surface area contributed by atoms with E-state index in [0.29, 0.717) is 96.0 Å². The Bertz CT molecular complexity index is 4510. The van der Waals surface area contributed by atoms with Crippen molar-refractivity contribution in [1.82, 2.24) is 52.2 Å². The molecule has 2 aromatic carbocycles. The van der Waals surface area contributed by atoms with Crippen LogP contribution in [0, 0.1) is 40.4 Å². The number of ketones is 2. The van der Waals surface area contributed by atoms with Crippen molar-refractivity contribution >= 4 is 72.1 Å². The maximum atomic E-state index is 18.2. The number of hydrogen-bond donors (Lipinski definition) is 10. The Balaban J connectivity index is 0.651. The zero-order valence-corrected chi connectivity index (χ0v) is 76.2. The first-order valence-electron chi connectivity index (χ1n) is 45.4. The van der Waals surface area contributed by atoms with Crippen LogP contribution in [0.4, 0.5) is 14.5 Å². The molecule has 0 bridgehead atoms. The minimum absolute atomic E-state index is 0.00121. The Hall–Kier alpha value is -8.75. The van der Waals surface area contributed by atoms with E-state index in [1.807, 2.05) is 55.5 Å². The van der Waals surface area contributed by atoms with Gasteiger partial charge in [-0.1, -0.05) is 100 Å². The van der Waals surface area contributed by atoms with E-state index >= 15 is 13.6 Å². The van der Waals surface area contributed by atoms with Crippen LogP contribution >= 0.6 is 7.60 Å². The molecule has 2 unspecified atom stereocenters. The molecule has 14 atom stereocenters. The number of hydrogen-bond acceptors (Lipinski definition) is 25. The van der Waals surface area contributed by atoms with Gasteiger partial charge < -0.3 is 109 Å². The highest BCUT2D eigenvalue weighted by atomic mass is 31.2. The lowest BCUT2D eigenvalue weighted by Gasteiger charge is -2.63. The molecule has 1 aromatic heterocycles. The number of nitrogens with zero attached hydrogens (tertiary/aromatic N) is 4. The summed E-state index contributed by atoms with van der Waals surface area (Å²) in [5.41, 5.74) is -2.57. The number of ether oxygens (including phenoxy) is 11. The monoisotopic (exact) mass is 1850 g/mol. The second kappa shape index (κ2) is 50.4. The lowest BCUT2D eigenvalue weighted by Crippen LogP contribution is -2.71. The fourth-order valence-electron chi connectivity index (χ4n) is 18.3. The number of rotatable bonds is 55. The van der Waals surface area contributed by atoms with Crippen LogP contribution in [0.2, 0.25) is 0 Å². The van der Waals surface area contributed by atoms with E-state index in [0.717, 1.165) is 47.7 Å². The van der Waals surface area contributed by atoms with Crippen molar-refractivity contribution < 1.29 is 128 Å². The van der Waals surface area contributed by atoms with Crippen LogP contribution in [0.15, 0.2) is 72.3 Å². The third-order valence-corrected chi connectivity index (χ3v) is 25.6. The SMILES string of the molecule is CCCC1O[C@@H]2C[C@H]3[C@@H]4C[C@H](F)C5=CC(=O)C=C[C@]5(C)[C@@]4(F)[C@@H](O)C[C@]3(C)[C@]2(C(=O)CNC(=O)[C@H](C)NC(=O)[C@@H](NC(=O)[C@@H](CCCCNC(=O)COC2CCCCCc3c2nnn3CCOCCOCCOCCOCCC(=O)NCP(=O)(O)O)NC(=O)CCOCCOCCOCCOCCNC(=O)CCC(=O)N2Cc3ccccc3C#Cc3ccccc32)C(C)C)O1. The lowest BCUT2D eigenvalue weighted by atomic mass is 9.44. The summed E-state index contributed by atoms with van der Waals surface area (Å²) in [6.07, 6.45) is 2.06. The summed E-state index contributed by atoms with van der Waals surface area (Å²) < 4.78 is 111. The number of carbonyl (C=O) groups is 10. The van der Waals surface area contributed by atoms with Crippen molar-refractivity contribution in [2.45, 2.75) is 224 Å². The van der Waals surface area contributed by atoms with Crippen LogP contribution in [0.5, 0.6) is 0 Å². The molecule has 718 valence electrons. The van der Waals surface area contributed by atoms with Gasteiger partial charge >= 0.3 is 7.60 Å². The Kier molecular flexibility index (Phi) is 40.0. The van der Waals surface area contributed by atoms with Gasteiger partial charge in [-0.05, 0) is 131 Å². The summed E-state index contributed by atoms with van der Waals surface area (Å²) in [6.45, 7) is 13.7. The van der Waals surface area contributed by atoms with Gasteiger partial charge in [0.25, 0.3) is 0 Å². The Labute approximate surface area is 757 Å². The number of halogens is 2. The smallest absolute Gasteiger partial charge is 0.344 e. The lowest BCUT2D eigenvalue weighted by molar-refractivity contribution is -0.234. The standard InChI is InChI=1S/C91H130F2N11O25P/c1-7-17-82-128-76-54-66-67-53-69(92)68-52-65(105)29-32-88(68,5)90(67,93)74(106)55-89(66,6)91(76,129-82)75(107)56-96-85(113)61(4)98-87(115)83(60(2)3)100-86(114)70(99-79(110)31-37-120-41-45-124-48-50-125-46-42-121-38-34-95-77(108)27-28-81(112)103-57-64-20-12-11-18-62(64)25-26-63-19-13-14-22-71(63)103)21-15-16-33-94-80(111)58-127-73-24-10-8-9-23-72-84(73)101-102-104(72)35-39-122-43-47-126-51-49-123-44-40-119-36-30-78(109)97-59-130(116,117)118/h11-14,18-20,22,29,32,52,60-61,66-67,69-70,73-74,76,82-83,106H,7-10,15-17,21,23-24,27-28,30-31,33-51,53-59H2,1-6H3,(H,94,111)(H,95,108)(H,96,113)(H,97,109)(H,98,115)(H,99,110)(H,100,114)(H2,116,117,118)/t61-,66-,67-,69-,70+,73?,74-,76+,82?,83-,88-,89-,90-,91+/m0/s1. The molecule has 10 N–H and O–H groups in total. The molecule has 4 fully saturated rings. The molecular weight excluding hydrogens is 1720 g/mol. The van der Waals surface area contributed by atoms with E-state index < -0.39 is 156 Å². The second-order valence-corrected chi connectivity index (χ2v) is 36.1. The van der Waals surface area contributed by atoms with Crippen LogP contribution < -0.4 is 42.1 Å². The van der Waals surface area contributed by atoms with Crippen molar-refractivity contribution in [3.63, 3.8) is 0 Å². The predicted octanol–water partition coefficient (Wildman–Crippen LogP) is 4.77. The molecular formula is C91H130F2N11O25P. The summed E-state index contributed by atoms with van der Waals surface area (Å²) in [5.74, 6) is -1.40. The highest BCUT2D eigenvalue weighted by Crippen LogP contribution is 2.72. The minimum Gasteiger partial charge on any atom is -0.390 e. The summed E-state index contributed by atoms with van der Waals surface area (Å²) in [5, 5.41) is 39.7. The first-order valence-corrected chi connectivity index (χ1v) is 47.2. The molecule has 3 saturated carbocycles. The quantitative estimate of drug-likeness (QED) is 0.0207. The average Bonchev–Trinajstić information content (AvgIpc) is 1.47. The van der Waals surface area contributed by atoms with Gasteiger partial charge in [0, 0.05) is 66.6 Å². The minimum atomic E-state index is -4.33. The van der Waals surface area contributed by atoms with Gasteiger partial charge in [-0.25, -0.2) is 13.5 Å². The van der Waals surface area contributed by atoms with Crippen LogP contribution in [0.25, 0.3) is 0 Å². The number of para-hydroxylation sites is 1. The van der Waals surface area contributed by atoms with Gasteiger partial charge in [-0.15, -0.1) is 5.10 Å².